The Morgan fingerprint density at radius 2 is 1.68 bits per heavy atom. The predicted octanol–water partition coefficient (Wildman–Crippen LogP) is 4.21. The number of hydrogen-bond acceptors (Lipinski definition) is 5. The molecule has 0 radical (unpaired) electrons. The van der Waals surface area contributed by atoms with Gasteiger partial charge >= 0.3 is 5.97 Å². The fourth-order valence-corrected chi connectivity index (χ4v) is 4.13. The number of hydrogen-bond donors (Lipinski definition) is 2. The molecule has 2 N–H and O–H groups in total. The first kappa shape index (κ1) is 22.2. The van der Waals surface area contributed by atoms with Gasteiger partial charge in [0.1, 0.15) is 10.8 Å². The van der Waals surface area contributed by atoms with Gasteiger partial charge in [-0.1, -0.05) is 42.5 Å². The summed E-state index contributed by atoms with van der Waals surface area (Å²) in [6, 6.07) is 15.2. The lowest BCUT2D eigenvalue weighted by atomic mass is 10.1. The van der Waals surface area contributed by atoms with E-state index in [4.69, 9.17) is 4.74 Å². The Kier molecular flexibility index (Phi) is 7.15. The molecule has 1 aromatic heterocycles. The maximum Gasteiger partial charge on any atom is 0.341 e. The number of amides is 2. The average molecular weight is 440 g/mol. The fraction of sp³-hybridized carbons (Fsp3) is 0.174. The van der Waals surface area contributed by atoms with Gasteiger partial charge in [0.2, 0.25) is 0 Å². The smallest absolute Gasteiger partial charge is 0.341 e. The molecular formula is C23H21FN2O4S. The highest BCUT2D eigenvalue weighted by Gasteiger charge is 2.27. The van der Waals surface area contributed by atoms with Crippen molar-refractivity contribution in [3.8, 4) is 0 Å². The monoisotopic (exact) mass is 440 g/mol. The van der Waals surface area contributed by atoms with Crippen LogP contribution in [-0.2, 0) is 11.2 Å². The second kappa shape index (κ2) is 9.99. The zero-order chi connectivity index (χ0) is 22.4. The molecule has 0 saturated carbocycles. The number of methoxy groups -OCH3 is 1. The summed E-state index contributed by atoms with van der Waals surface area (Å²) in [5.41, 5.74) is 1.38. The van der Waals surface area contributed by atoms with Gasteiger partial charge < -0.3 is 15.4 Å². The third-order valence-electron chi connectivity index (χ3n) is 4.63. The number of ether oxygens (including phenoxy) is 1. The summed E-state index contributed by atoms with van der Waals surface area (Å²) in [7, 11) is 1.21. The zero-order valence-corrected chi connectivity index (χ0v) is 17.8. The second-order valence-corrected chi connectivity index (χ2v) is 7.70. The van der Waals surface area contributed by atoms with Gasteiger partial charge in [0.15, 0.2) is 0 Å². The van der Waals surface area contributed by atoms with Gasteiger partial charge in [-0.25, -0.2) is 9.18 Å². The van der Waals surface area contributed by atoms with E-state index < -0.39 is 17.7 Å². The quantitative estimate of drug-likeness (QED) is 0.539. The van der Waals surface area contributed by atoms with Crippen molar-refractivity contribution in [2.24, 2.45) is 0 Å². The standard InChI is InChI=1S/C23H21FN2O4S/c1-14-18(23(29)30-2)22(26-20(27)16-10-6-7-11-17(16)24)31-19(14)21(28)25-13-12-15-8-4-3-5-9-15/h3-11H,12-13H2,1-2H3,(H,25,28)(H,26,27). The number of carbonyl (C=O) groups excluding carboxylic acids is 3. The van der Waals surface area contributed by atoms with Crippen LogP contribution in [0, 0.1) is 12.7 Å². The number of halogens is 1. The van der Waals surface area contributed by atoms with Crippen molar-refractivity contribution in [1.82, 2.24) is 5.32 Å². The van der Waals surface area contributed by atoms with Crippen molar-refractivity contribution in [3.05, 3.63) is 87.5 Å². The molecule has 2 aromatic carbocycles. The van der Waals surface area contributed by atoms with E-state index in [1.165, 1.54) is 31.4 Å². The van der Waals surface area contributed by atoms with E-state index in [1.54, 1.807) is 6.92 Å². The number of rotatable bonds is 7. The van der Waals surface area contributed by atoms with E-state index in [0.29, 0.717) is 18.5 Å². The molecule has 1 heterocycles. The van der Waals surface area contributed by atoms with E-state index in [-0.39, 0.29) is 26.9 Å². The van der Waals surface area contributed by atoms with Crippen molar-refractivity contribution in [1.29, 1.82) is 0 Å². The highest BCUT2D eigenvalue weighted by molar-refractivity contribution is 7.18. The van der Waals surface area contributed by atoms with Crippen LogP contribution in [0.25, 0.3) is 0 Å². The number of anilines is 1. The first-order chi connectivity index (χ1) is 14.9. The van der Waals surface area contributed by atoms with Crippen LogP contribution in [0.1, 0.15) is 41.5 Å². The number of carbonyl (C=O) groups is 3. The lowest BCUT2D eigenvalue weighted by molar-refractivity contribution is 0.0601. The summed E-state index contributed by atoms with van der Waals surface area (Å²) >= 11 is 0.946. The summed E-state index contributed by atoms with van der Waals surface area (Å²) in [6.07, 6.45) is 0.651. The molecule has 6 nitrogen and oxygen atoms in total. The van der Waals surface area contributed by atoms with E-state index >= 15 is 0 Å². The third kappa shape index (κ3) is 5.16. The SMILES string of the molecule is COC(=O)c1c(NC(=O)c2ccccc2F)sc(C(=O)NCCc2ccccc2)c1C. The van der Waals surface area contributed by atoms with Gasteiger partial charge in [-0.05, 0) is 36.6 Å². The van der Waals surface area contributed by atoms with Gasteiger partial charge in [-0.3, -0.25) is 9.59 Å². The molecule has 2 amide bonds. The minimum absolute atomic E-state index is 0.0744. The van der Waals surface area contributed by atoms with Crippen molar-refractivity contribution in [2.75, 3.05) is 19.0 Å². The van der Waals surface area contributed by atoms with E-state index in [2.05, 4.69) is 10.6 Å². The molecule has 0 aliphatic rings. The molecule has 0 spiro atoms. The Morgan fingerprint density at radius 1 is 1.00 bits per heavy atom. The minimum Gasteiger partial charge on any atom is -0.465 e. The van der Waals surface area contributed by atoms with Crippen LogP contribution in [0.3, 0.4) is 0 Å². The van der Waals surface area contributed by atoms with Crippen LogP contribution in [0.15, 0.2) is 54.6 Å². The summed E-state index contributed by atoms with van der Waals surface area (Å²) in [4.78, 5) is 37.8. The first-order valence-corrected chi connectivity index (χ1v) is 10.3. The normalized spacial score (nSPS) is 10.4. The molecule has 3 aromatic rings. The summed E-state index contributed by atoms with van der Waals surface area (Å²) in [6.45, 7) is 2.01. The van der Waals surface area contributed by atoms with Crippen LogP contribution < -0.4 is 10.6 Å². The summed E-state index contributed by atoms with van der Waals surface area (Å²) in [5.74, 6) is -2.47. The first-order valence-electron chi connectivity index (χ1n) is 9.52. The van der Waals surface area contributed by atoms with E-state index in [1.807, 2.05) is 30.3 Å². The van der Waals surface area contributed by atoms with E-state index in [0.717, 1.165) is 16.9 Å². The lowest BCUT2D eigenvalue weighted by Crippen LogP contribution is -2.25. The average Bonchev–Trinajstić information content (AvgIpc) is 3.09. The van der Waals surface area contributed by atoms with Crippen molar-refractivity contribution < 1.29 is 23.5 Å². The van der Waals surface area contributed by atoms with Gasteiger partial charge in [0.05, 0.1) is 23.1 Å². The molecule has 0 atom stereocenters. The van der Waals surface area contributed by atoms with Crippen LogP contribution in [0.5, 0.6) is 0 Å². The molecular weight excluding hydrogens is 419 g/mol. The molecule has 0 fully saturated rings. The van der Waals surface area contributed by atoms with Crippen molar-refractivity contribution in [3.63, 3.8) is 0 Å². The number of benzene rings is 2. The van der Waals surface area contributed by atoms with Gasteiger partial charge in [0, 0.05) is 6.54 Å². The predicted molar refractivity (Wildman–Crippen MR) is 117 cm³/mol. The molecule has 0 saturated heterocycles. The highest BCUT2D eigenvalue weighted by Crippen LogP contribution is 2.34. The van der Waals surface area contributed by atoms with Crippen LogP contribution in [0.4, 0.5) is 9.39 Å². The largest absolute Gasteiger partial charge is 0.465 e. The van der Waals surface area contributed by atoms with Crippen LogP contribution in [-0.4, -0.2) is 31.4 Å². The van der Waals surface area contributed by atoms with Gasteiger partial charge in [-0.15, -0.1) is 11.3 Å². The topological polar surface area (TPSA) is 84.5 Å². The molecule has 0 bridgehead atoms. The van der Waals surface area contributed by atoms with E-state index in [9.17, 15) is 18.8 Å². The second-order valence-electron chi connectivity index (χ2n) is 6.68. The van der Waals surface area contributed by atoms with Crippen LogP contribution in [0.2, 0.25) is 0 Å². The Labute approximate surface area is 183 Å². The molecule has 0 aliphatic carbocycles. The lowest BCUT2D eigenvalue weighted by Gasteiger charge is -2.06. The maximum absolute atomic E-state index is 13.9. The van der Waals surface area contributed by atoms with Gasteiger partial charge in [0.25, 0.3) is 11.8 Å². The molecule has 8 heteroatoms. The Morgan fingerprint density at radius 3 is 2.35 bits per heavy atom. The Bertz CT molecular complexity index is 1110. The Balaban J connectivity index is 1.80. The fourth-order valence-electron chi connectivity index (χ4n) is 3.03. The maximum atomic E-state index is 13.9. The highest BCUT2D eigenvalue weighted by atomic mass is 32.1. The summed E-state index contributed by atoms with van der Waals surface area (Å²) < 4.78 is 18.8. The molecule has 3 rings (SSSR count). The minimum atomic E-state index is -0.722. The van der Waals surface area contributed by atoms with Crippen LogP contribution >= 0.6 is 11.3 Å². The number of thiophene rings is 1. The molecule has 0 unspecified atom stereocenters. The Hall–Kier alpha value is -3.52. The molecule has 160 valence electrons. The number of nitrogens with one attached hydrogen (secondary N) is 2. The molecule has 31 heavy (non-hydrogen) atoms. The summed E-state index contributed by atoms with van der Waals surface area (Å²) in [5, 5.41) is 5.50. The van der Waals surface area contributed by atoms with Gasteiger partial charge in [-0.2, -0.15) is 0 Å². The molecule has 0 aliphatic heterocycles. The zero-order valence-electron chi connectivity index (χ0n) is 17.0. The van der Waals surface area contributed by atoms with Crippen molar-refractivity contribution >= 4 is 34.1 Å². The number of esters is 1. The van der Waals surface area contributed by atoms with Crippen molar-refractivity contribution in [2.45, 2.75) is 13.3 Å². The third-order valence-corrected chi connectivity index (χ3v) is 5.84.